The maximum Gasteiger partial charge on any atom is 0.407 e. The van der Waals surface area contributed by atoms with Crippen LogP contribution in [0.25, 0.3) is 0 Å². The summed E-state index contributed by atoms with van der Waals surface area (Å²) in [6.07, 6.45) is -2.46. The van der Waals surface area contributed by atoms with E-state index in [0.29, 0.717) is 0 Å². The molecule has 7 nitrogen and oxygen atoms in total. The van der Waals surface area contributed by atoms with Gasteiger partial charge < -0.3 is 20.6 Å². The Hall–Kier alpha value is -2.12. The molecule has 1 aromatic carbocycles. The van der Waals surface area contributed by atoms with Crippen molar-refractivity contribution in [1.29, 1.82) is 0 Å². The molecule has 0 saturated heterocycles. The molecule has 0 bridgehead atoms. The summed E-state index contributed by atoms with van der Waals surface area (Å²) < 4.78 is 0. The Bertz CT molecular complexity index is 547. The topological polar surface area (TPSA) is 110 Å². The molecule has 24 heavy (non-hydrogen) atoms. The van der Waals surface area contributed by atoms with Gasteiger partial charge in [0.1, 0.15) is 6.10 Å². The van der Waals surface area contributed by atoms with Crippen molar-refractivity contribution >= 4 is 12.0 Å². The van der Waals surface area contributed by atoms with E-state index in [1.54, 1.807) is 20.8 Å². The molecule has 0 aromatic heterocycles. The first kappa shape index (κ1) is 19.9. The van der Waals surface area contributed by atoms with Gasteiger partial charge in [-0.05, 0) is 12.5 Å². The molecule has 0 unspecified atom stereocenters. The average Bonchev–Trinajstić information content (AvgIpc) is 2.57. The first-order valence-electron chi connectivity index (χ1n) is 7.79. The second-order valence-corrected chi connectivity index (χ2v) is 6.54. The van der Waals surface area contributed by atoms with E-state index < -0.39 is 29.6 Å². The van der Waals surface area contributed by atoms with Crippen molar-refractivity contribution in [3.8, 4) is 0 Å². The van der Waals surface area contributed by atoms with Crippen LogP contribution in [0.3, 0.4) is 0 Å². The molecule has 4 N–H and O–H groups in total. The molecule has 0 aliphatic rings. The van der Waals surface area contributed by atoms with Gasteiger partial charge in [0.05, 0.1) is 6.61 Å². The van der Waals surface area contributed by atoms with Crippen molar-refractivity contribution in [1.82, 2.24) is 10.2 Å². The van der Waals surface area contributed by atoms with Crippen molar-refractivity contribution < 1.29 is 24.9 Å². The molecule has 7 heteroatoms. The molecule has 0 radical (unpaired) electrons. The van der Waals surface area contributed by atoms with Crippen molar-refractivity contribution in [3.05, 3.63) is 35.9 Å². The molecule has 134 valence electrons. The number of rotatable bonds is 8. The summed E-state index contributed by atoms with van der Waals surface area (Å²) in [5.74, 6) is -0.633. The number of carboxylic acid groups (broad SMARTS) is 1. The number of aliphatic hydroxyl groups is 2. The SMILES string of the molecule is C[C@H](CNC(=O)[C@H](O)C(C)(C)CO)N(Cc1ccccc1)C(=O)O. The number of amides is 2. The molecule has 0 fully saturated rings. The fourth-order valence-corrected chi connectivity index (χ4v) is 2.09. The first-order valence-corrected chi connectivity index (χ1v) is 7.79. The summed E-state index contributed by atoms with van der Waals surface area (Å²) in [6, 6.07) is 8.69. The normalized spacial score (nSPS) is 13.9. The molecule has 0 spiro atoms. The smallest absolute Gasteiger partial charge is 0.407 e. The van der Waals surface area contributed by atoms with Crippen molar-refractivity contribution in [2.45, 2.75) is 39.5 Å². The Morgan fingerprint density at radius 1 is 1.25 bits per heavy atom. The third-order valence-electron chi connectivity index (χ3n) is 3.94. The van der Waals surface area contributed by atoms with Gasteiger partial charge in [-0.15, -0.1) is 0 Å². The van der Waals surface area contributed by atoms with Crippen LogP contribution in [0.1, 0.15) is 26.3 Å². The lowest BCUT2D eigenvalue weighted by atomic mass is 9.87. The third-order valence-corrected chi connectivity index (χ3v) is 3.94. The molecule has 1 rings (SSSR count). The summed E-state index contributed by atoms with van der Waals surface area (Å²) in [7, 11) is 0. The fourth-order valence-electron chi connectivity index (χ4n) is 2.09. The number of nitrogens with one attached hydrogen (secondary N) is 1. The number of hydrogen-bond donors (Lipinski definition) is 4. The maximum absolute atomic E-state index is 12.0. The number of aliphatic hydroxyl groups excluding tert-OH is 2. The first-order chi connectivity index (χ1) is 11.2. The van der Waals surface area contributed by atoms with Crippen LogP contribution in [0.5, 0.6) is 0 Å². The van der Waals surface area contributed by atoms with Gasteiger partial charge in [0.25, 0.3) is 0 Å². The molecule has 0 aliphatic carbocycles. The number of benzene rings is 1. The number of nitrogens with zero attached hydrogens (tertiary/aromatic N) is 1. The van der Waals surface area contributed by atoms with Crippen LogP contribution in [0, 0.1) is 5.41 Å². The molecule has 0 aliphatic heterocycles. The van der Waals surface area contributed by atoms with E-state index in [1.165, 1.54) is 4.90 Å². The minimum Gasteiger partial charge on any atom is -0.465 e. The van der Waals surface area contributed by atoms with Crippen LogP contribution >= 0.6 is 0 Å². The zero-order chi connectivity index (χ0) is 18.3. The van der Waals surface area contributed by atoms with E-state index in [2.05, 4.69) is 5.32 Å². The molecule has 1 aromatic rings. The van der Waals surface area contributed by atoms with Gasteiger partial charge in [0.15, 0.2) is 0 Å². The standard InChI is InChI=1S/C17H26N2O5/c1-12(9-18-15(22)14(21)17(2,3)11-20)19(16(23)24)10-13-7-5-4-6-8-13/h4-8,12,14,20-21H,9-11H2,1-3H3,(H,18,22)(H,23,24)/t12-,14+/m1/s1. The second kappa shape index (κ2) is 8.65. The Kier molecular flexibility index (Phi) is 7.18. The highest BCUT2D eigenvalue weighted by molar-refractivity contribution is 5.81. The zero-order valence-electron chi connectivity index (χ0n) is 14.3. The predicted molar refractivity (Wildman–Crippen MR) is 89.4 cm³/mol. The highest BCUT2D eigenvalue weighted by Gasteiger charge is 2.33. The highest BCUT2D eigenvalue weighted by Crippen LogP contribution is 2.19. The van der Waals surface area contributed by atoms with Gasteiger partial charge in [-0.1, -0.05) is 44.2 Å². The van der Waals surface area contributed by atoms with Gasteiger partial charge in [-0.25, -0.2) is 4.79 Å². The van der Waals surface area contributed by atoms with E-state index in [0.717, 1.165) is 5.56 Å². The van der Waals surface area contributed by atoms with Gasteiger partial charge >= 0.3 is 6.09 Å². The Morgan fingerprint density at radius 2 is 1.83 bits per heavy atom. The number of carbonyl (C=O) groups excluding carboxylic acids is 1. The molecule has 2 amide bonds. The molecular weight excluding hydrogens is 312 g/mol. The summed E-state index contributed by atoms with van der Waals surface area (Å²) in [6.45, 7) is 4.75. The lowest BCUT2D eigenvalue weighted by Crippen LogP contribution is -2.50. The quantitative estimate of drug-likeness (QED) is 0.566. The van der Waals surface area contributed by atoms with E-state index >= 15 is 0 Å². The van der Waals surface area contributed by atoms with Crippen LogP contribution in [0.4, 0.5) is 4.79 Å². The van der Waals surface area contributed by atoms with Crippen LogP contribution in [0.2, 0.25) is 0 Å². The summed E-state index contributed by atoms with van der Waals surface area (Å²) in [5.41, 5.74) is -0.122. The van der Waals surface area contributed by atoms with E-state index in [-0.39, 0.29) is 19.7 Å². The van der Waals surface area contributed by atoms with E-state index in [9.17, 15) is 24.9 Å². The fraction of sp³-hybridized carbons (Fsp3) is 0.529. The second-order valence-electron chi connectivity index (χ2n) is 6.54. The van der Waals surface area contributed by atoms with Crippen molar-refractivity contribution in [2.75, 3.05) is 13.2 Å². The van der Waals surface area contributed by atoms with Crippen LogP contribution < -0.4 is 5.32 Å². The summed E-state index contributed by atoms with van der Waals surface area (Å²) in [4.78, 5) is 24.6. The Labute approximate surface area is 141 Å². The Morgan fingerprint density at radius 3 is 2.33 bits per heavy atom. The monoisotopic (exact) mass is 338 g/mol. The summed E-state index contributed by atoms with van der Waals surface area (Å²) >= 11 is 0. The predicted octanol–water partition coefficient (Wildman–Crippen LogP) is 1.05. The number of carbonyl (C=O) groups is 2. The lowest BCUT2D eigenvalue weighted by Gasteiger charge is -2.30. The zero-order valence-corrected chi connectivity index (χ0v) is 14.3. The molecule has 0 saturated carbocycles. The minimum atomic E-state index is -1.37. The van der Waals surface area contributed by atoms with Gasteiger partial charge in [-0.2, -0.15) is 0 Å². The molecule has 2 atom stereocenters. The maximum atomic E-state index is 12.0. The average molecular weight is 338 g/mol. The van der Waals surface area contributed by atoms with Gasteiger partial charge in [0.2, 0.25) is 5.91 Å². The van der Waals surface area contributed by atoms with Crippen LogP contribution in [-0.2, 0) is 11.3 Å². The van der Waals surface area contributed by atoms with E-state index in [1.807, 2.05) is 30.3 Å². The summed E-state index contributed by atoms with van der Waals surface area (Å²) in [5, 5.41) is 31.0. The highest BCUT2D eigenvalue weighted by atomic mass is 16.4. The molecule has 0 heterocycles. The lowest BCUT2D eigenvalue weighted by molar-refractivity contribution is -0.137. The van der Waals surface area contributed by atoms with Crippen molar-refractivity contribution in [3.63, 3.8) is 0 Å². The Balaban J connectivity index is 2.64. The number of hydrogen-bond acceptors (Lipinski definition) is 4. The third kappa shape index (κ3) is 5.50. The van der Waals surface area contributed by atoms with Gasteiger partial charge in [-0.3, -0.25) is 9.69 Å². The largest absolute Gasteiger partial charge is 0.465 e. The van der Waals surface area contributed by atoms with Gasteiger partial charge in [0, 0.05) is 24.5 Å². The molecular formula is C17H26N2O5. The minimum absolute atomic E-state index is 0.0660. The van der Waals surface area contributed by atoms with E-state index in [4.69, 9.17) is 0 Å². The van der Waals surface area contributed by atoms with Crippen molar-refractivity contribution in [2.24, 2.45) is 5.41 Å². The van der Waals surface area contributed by atoms with Crippen LogP contribution in [0.15, 0.2) is 30.3 Å². The van der Waals surface area contributed by atoms with Crippen LogP contribution in [-0.4, -0.2) is 57.5 Å².